The van der Waals surface area contributed by atoms with E-state index in [1.54, 1.807) is 6.20 Å². The van der Waals surface area contributed by atoms with Crippen LogP contribution < -0.4 is 0 Å². The van der Waals surface area contributed by atoms with Crippen LogP contribution in [0.4, 0.5) is 0 Å². The molecule has 0 unspecified atom stereocenters. The molecule has 2 aliphatic rings. The van der Waals surface area contributed by atoms with Crippen molar-refractivity contribution in [1.29, 1.82) is 0 Å². The van der Waals surface area contributed by atoms with Crippen molar-refractivity contribution in [2.45, 2.75) is 32.2 Å². The van der Waals surface area contributed by atoms with Gasteiger partial charge in [0, 0.05) is 38.4 Å². The Kier molecular flexibility index (Phi) is 4.39. The molecular weight excluding hydrogens is 264 g/mol. The van der Waals surface area contributed by atoms with Gasteiger partial charge >= 0.3 is 0 Å². The van der Waals surface area contributed by atoms with Crippen molar-refractivity contribution >= 4 is 5.91 Å². The zero-order valence-electron chi connectivity index (χ0n) is 12.7. The molecule has 2 atom stereocenters. The van der Waals surface area contributed by atoms with Gasteiger partial charge in [0.2, 0.25) is 5.91 Å². The van der Waals surface area contributed by atoms with E-state index in [1.807, 2.05) is 11.1 Å². The van der Waals surface area contributed by atoms with E-state index in [-0.39, 0.29) is 6.04 Å². The molecule has 0 saturated carbocycles. The molecule has 1 aliphatic carbocycles. The molecule has 5 nitrogen and oxygen atoms in total. The molecule has 114 valence electrons. The van der Waals surface area contributed by atoms with Crippen molar-refractivity contribution in [3.8, 4) is 0 Å². The maximum atomic E-state index is 12.5. The van der Waals surface area contributed by atoms with Crippen LogP contribution >= 0.6 is 0 Å². The Morgan fingerprint density at radius 2 is 2.38 bits per heavy atom. The maximum absolute atomic E-state index is 12.5. The Morgan fingerprint density at radius 3 is 3.05 bits per heavy atom. The van der Waals surface area contributed by atoms with Crippen LogP contribution in [0.2, 0.25) is 0 Å². The minimum Gasteiger partial charge on any atom is -0.347 e. The van der Waals surface area contributed by atoms with Gasteiger partial charge in [-0.2, -0.15) is 0 Å². The lowest BCUT2D eigenvalue weighted by atomic mass is 10.0. The van der Waals surface area contributed by atoms with Crippen LogP contribution in [-0.4, -0.2) is 51.9 Å². The highest BCUT2D eigenvalue weighted by atomic mass is 16.2. The number of amides is 1. The lowest BCUT2D eigenvalue weighted by Crippen LogP contribution is -2.50. The van der Waals surface area contributed by atoms with E-state index in [0.29, 0.717) is 18.2 Å². The van der Waals surface area contributed by atoms with Gasteiger partial charge in [0.25, 0.3) is 0 Å². The SMILES string of the molecule is CCN1CCN(C(=O)C[C@@H]2C=CCC2)C[C@@H]1c1ncc[nH]1. The second-order valence-corrected chi connectivity index (χ2v) is 5.93. The van der Waals surface area contributed by atoms with Gasteiger partial charge in [-0.05, 0) is 25.3 Å². The maximum Gasteiger partial charge on any atom is 0.223 e. The molecule has 1 fully saturated rings. The van der Waals surface area contributed by atoms with Crippen LogP contribution in [-0.2, 0) is 4.79 Å². The van der Waals surface area contributed by atoms with Gasteiger partial charge in [-0.15, -0.1) is 0 Å². The largest absolute Gasteiger partial charge is 0.347 e. The predicted octanol–water partition coefficient (Wildman–Crippen LogP) is 1.97. The predicted molar refractivity (Wildman–Crippen MR) is 81.6 cm³/mol. The molecule has 1 aromatic heterocycles. The van der Waals surface area contributed by atoms with Crippen LogP contribution in [0.25, 0.3) is 0 Å². The second-order valence-electron chi connectivity index (χ2n) is 5.93. The Bertz CT molecular complexity index is 496. The van der Waals surface area contributed by atoms with Crippen molar-refractivity contribution < 1.29 is 4.79 Å². The molecule has 0 radical (unpaired) electrons. The highest BCUT2D eigenvalue weighted by molar-refractivity contribution is 5.77. The van der Waals surface area contributed by atoms with Crippen molar-refractivity contribution in [2.75, 3.05) is 26.2 Å². The summed E-state index contributed by atoms with van der Waals surface area (Å²) in [6, 6.07) is 0.196. The molecule has 21 heavy (non-hydrogen) atoms. The number of carbonyl (C=O) groups is 1. The molecule has 2 heterocycles. The molecule has 1 amide bonds. The normalized spacial score (nSPS) is 26.4. The summed E-state index contributed by atoms with van der Waals surface area (Å²) < 4.78 is 0. The van der Waals surface area contributed by atoms with E-state index in [2.05, 4.69) is 33.9 Å². The van der Waals surface area contributed by atoms with Crippen LogP contribution in [0.3, 0.4) is 0 Å². The number of allylic oxidation sites excluding steroid dienone is 2. The highest BCUT2D eigenvalue weighted by Crippen LogP contribution is 2.25. The number of rotatable bonds is 4. The van der Waals surface area contributed by atoms with Gasteiger partial charge in [0.05, 0.1) is 6.04 Å². The Balaban J connectivity index is 1.64. The molecule has 0 aromatic carbocycles. The molecule has 0 spiro atoms. The number of aromatic nitrogens is 2. The summed E-state index contributed by atoms with van der Waals surface area (Å²) in [6.45, 7) is 5.65. The number of hydrogen-bond donors (Lipinski definition) is 1. The first kappa shape index (κ1) is 14.3. The van der Waals surface area contributed by atoms with E-state index in [4.69, 9.17) is 0 Å². The topological polar surface area (TPSA) is 52.2 Å². The molecule has 1 saturated heterocycles. The van der Waals surface area contributed by atoms with Crippen LogP contribution in [0.15, 0.2) is 24.5 Å². The minimum atomic E-state index is 0.196. The highest BCUT2D eigenvalue weighted by Gasteiger charge is 2.31. The third-order valence-electron chi connectivity index (χ3n) is 4.63. The average molecular weight is 288 g/mol. The van der Waals surface area contributed by atoms with Gasteiger partial charge in [0.15, 0.2) is 0 Å². The number of imidazole rings is 1. The summed E-state index contributed by atoms with van der Waals surface area (Å²) in [6.07, 6.45) is 10.9. The van der Waals surface area contributed by atoms with Crippen molar-refractivity contribution in [1.82, 2.24) is 19.8 Å². The molecule has 0 bridgehead atoms. The lowest BCUT2D eigenvalue weighted by Gasteiger charge is -2.40. The van der Waals surface area contributed by atoms with Gasteiger partial charge < -0.3 is 9.88 Å². The monoisotopic (exact) mass is 288 g/mol. The van der Waals surface area contributed by atoms with Gasteiger partial charge in [-0.3, -0.25) is 9.69 Å². The summed E-state index contributed by atoms with van der Waals surface area (Å²) in [5, 5.41) is 0. The summed E-state index contributed by atoms with van der Waals surface area (Å²) >= 11 is 0. The number of hydrogen-bond acceptors (Lipinski definition) is 3. The Morgan fingerprint density at radius 1 is 1.48 bits per heavy atom. The van der Waals surface area contributed by atoms with Crippen LogP contribution in [0.5, 0.6) is 0 Å². The number of nitrogens with zero attached hydrogens (tertiary/aromatic N) is 3. The van der Waals surface area contributed by atoms with Crippen molar-refractivity contribution in [3.05, 3.63) is 30.4 Å². The molecule has 1 aromatic rings. The quantitative estimate of drug-likeness (QED) is 0.862. The van der Waals surface area contributed by atoms with E-state index in [1.165, 1.54) is 0 Å². The third kappa shape index (κ3) is 3.18. The zero-order valence-corrected chi connectivity index (χ0v) is 12.7. The number of H-pyrrole nitrogens is 1. The van der Waals surface area contributed by atoms with E-state index < -0.39 is 0 Å². The van der Waals surface area contributed by atoms with E-state index in [0.717, 1.165) is 44.8 Å². The van der Waals surface area contributed by atoms with Crippen molar-refractivity contribution in [2.24, 2.45) is 5.92 Å². The van der Waals surface area contributed by atoms with Gasteiger partial charge in [-0.25, -0.2) is 4.98 Å². The number of likely N-dealkylation sites (N-methyl/N-ethyl adjacent to an activating group) is 1. The first-order valence-corrected chi connectivity index (χ1v) is 7.95. The molecule has 5 heteroatoms. The van der Waals surface area contributed by atoms with E-state index in [9.17, 15) is 4.79 Å². The van der Waals surface area contributed by atoms with Gasteiger partial charge in [0.1, 0.15) is 5.82 Å². The molecular formula is C16H24N4O. The molecule has 3 rings (SSSR count). The molecule has 1 aliphatic heterocycles. The average Bonchev–Trinajstić information content (AvgIpc) is 3.19. The number of carbonyl (C=O) groups excluding carboxylic acids is 1. The first-order valence-electron chi connectivity index (χ1n) is 7.95. The molecule has 1 N–H and O–H groups in total. The summed E-state index contributed by atoms with van der Waals surface area (Å²) in [7, 11) is 0. The lowest BCUT2D eigenvalue weighted by molar-refractivity contribution is -0.135. The fourth-order valence-electron chi connectivity index (χ4n) is 3.36. The van der Waals surface area contributed by atoms with Crippen LogP contribution in [0, 0.1) is 5.92 Å². The summed E-state index contributed by atoms with van der Waals surface area (Å²) in [5.74, 6) is 1.71. The second kappa shape index (κ2) is 6.43. The number of nitrogens with one attached hydrogen (secondary N) is 1. The first-order chi connectivity index (χ1) is 10.3. The van der Waals surface area contributed by atoms with Gasteiger partial charge in [-0.1, -0.05) is 19.1 Å². The zero-order chi connectivity index (χ0) is 14.7. The van der Waals surface area contributed by atoms with Crippen LogP contribution in [0.1, 0.15) is 38.1 Å². The Hall–Kier alpha value is -1.62. The fourth-order valence-corrected chi connectivity index (χ4v) is 3.36. The number of aromatic amines is 1. The minimum absolute atomic E-state index is 0.196. The number of piperazine rings is 1. The van der Waals surface area contributed by atoms with E-state index >= 15 is 0 Å². The Labute approximate surface area is 126 Å². The fraction of sp³-hybridized carbons (Fsp3) is 0.625. The summed E-state index contributed by atoms with van der Waals surface area (Å²) in [4.78, 5) is 24.5. The smallest absolute Gasteiger partial charge is 0.223 e. The standard InChI is InChI=1S/C16H24N4O/c1-2-19-9-10-20(12-14(19)16-17-7-8-18-16)15(21)11-13-5-3-4-6-13/h3,5,7-8,13-14H,2,4,6,9-12H2,1H3,(H,17,18)/t13-,14-/m1/s1. The third-order valence-corrected chi connectivity index (χ3v) is 4.63. The van der Waals surface area contributed by atoms with Crippen molar-refractivity contribution in [3.63, 3.8) is 0 Å². The summed E-state index contributed by atoms with van der Waals surface area (Å²) in [5.41, 5.74) is 0.